The molecule has 0 amide bonds. The Labute approximate surface area is 122 Å². The van der Waals surface area contributed by atoms with Crippen molar-refractivity contribution in [3.8, 4) is 5.75 Å². The van der Waals surface area contributed by atoms with Crippen LogP contribution in [0.25, 0.3) is 0 Å². The van der Waals surface area contributed by atoms with Crippen molar-refractivity contribution in [1.29, 1.82) is 0 Å². The molecule has 0 fully saturated rings. The summed E-state index contributed by atoms with van der Waals surface area (Å²) in [6, 6.07) is 12.5. The van der Waals surface area contributed by atoms with Gasteiger partial charge in [-0.05, 0) is 36.8 Å². The van der Waals surface area contributed by atoms with E-state index in [-0.39, 0.29) is 5.56 Å². The van der Waals surface area contributed by atoms with E-state index >= 15 is 0 Å². The molecule has 0 atom stereocenters. The number of thiocarbonyl (C=S) groups is 1. The average Bonchev–Trinajstić information content (AvgIpc) is 2.46. The summed E-state index contributed by atoms with van der Waals surface area (Å²) >= 11 is 4.88. The van der Waals surface area contributed by atoms with E-state index in [4.69, 9.17) is 22.7 Å². The van der Waals surface area contributed by atoms with E-state index in [0.717, 1.165) is 17.7 Å². The first kappa shape index (κ1) is 14.3. The Balaban J connectivity index is 1.80. The maximum absolute atomic E-state index is 11.5. The predicted molar refractivity (Wildman–Crippen MR) is 83.1 cm³/mol. The maximum Gasteiger partial charge on any atom is 0.250 e. The molecule has 0 saturated carbocycles. The van der Waals surface area contributed by atoms with Crippen LogP contribution in [0.3, 0.4) is 0 Å². The Morgan fingerprint density at radius 1 is 1.20 bits per heavy atom. The Bertz CT molecular complexity index is 635. The van der Waals surface area contributed by atoms with Gasteiger partial charge in [0.2, 0.25) is 5.56 Å². The zero-order valence-corrected chi connectivity index (χ0v) is 11.8. The summed E-state index contributed by atoms with van der Waals surface area (Å²) in [6.45, 7) is 1.19. The van der Waals surface area contributed by atoms with Crippen molar-refractivity contribution in [2.24, 2.45) is 5.73 Å². The van der Waals surface area contributed by atoms with E-state index in [2.05, 4.69) is 0 Å². The van der Waals surface area contributed by atoms with Crippen LogP contribution in [-0.4, -0.2) is 16.2 Å². The first-order chi connectivity index (χ1) is 9.66. The van der Waals surface area contributed by atoms with Crippen LogP contribution in [0, 0.1) is 0 Å². The van der Waals surface area contributed by atoms with Crippen LogP contribution in [0.4, 0.5) is 0 Å². The average molecular weight is 288 g/mol. The summed E-state index contributed by atoms with van der Waals surface area (Å²) in [5, 5.41) is 0. The number of benzene rings is 1. The highest BCUT2D eigenvalue weighted by atomic mass is 32.1. The number of ether oxygens (including phenoxy) is 1. The number of hydrogen-bond donors (Lipinski definition) is 1. The second-order valence-electron chi connectivity index (χ2n) is 4.32. The number of nitrogens with zero attached hydrogens (tertiary/aromatic N) is 1. The summed E-state index contributed by atoms with van der Waals surface area (Å²) in [7, 11) is 0. The second-order valence-corrected chi connectivity index (χ2v) is 4.76. The zero-order chi connectivity index (χ0) is 14.4. The first-order valence-corrected chi connectivity index (χ1v) is 6.76. The molecule has 1 aromatic carbocycles. The van der Waals surface area contributed by atoms with E-state index in [1.165, 1.54) is 0 Å². The minimum Gasteiger partial charge on any atom is -0.494 e. The monoisotopic (exact) mass is 288 g/mol. The molecule has 0 unspecified atom stereocenters. The standard InChI is InChI=1S/C15H16N2O2S/c16-15(20)12-5-7-13(8-6-12)19-11-3-10-17-9-2-1-4-14(17)18/h1-2,4-9H,3,10-11H2,(H2,16,20). The second kappa shape index (κ2) is 6.86. The van der Waals surface area contributed by atoms with Gasteiger partial charge >= 0.3 is 0 Å². The van der Waals surface area contributed by atoms with Crippen LogP contribution >= 0.6 is 12.2 Å². The fraction of sp³-hybridized carbons (Fsp3) is 0.200. The molecule has 0 spiro atoms. The quantitative estimate of drug-likeness (QED) is 0.652. The Hall–Kier alpha value is -2.14. The van der Waals surface area contributed by atoms with Gasteiger partial charge in [0.1, 0.15) is 10.7 Å². The third-order valence-electron chi connectivity index (χ3n) is 2.85. The fourth-order valence-corrected chi connectivity index (χ4v) is 1.92. The molecule has 4 nitrogen and oxygen atoms in total. The van der Waals surface area contributed by atoms with Gasteiger partial charge in [-0.15, -0.1) is 0 Å². The van der Waals surface area contributed by atoms with E-state index in [1.807, 2.05) is 30.3 Å². The smallest absolute Gasteiger partial charge is 0.250 e. The van der Waals surface area contributed by atoms with Gasteiger partial charge in [0.15, 0.2) is 0 Å². The summed E-state index contributed by atoms with van der Waals surface area (Å²) in [5.41, 5.74) is 6.35. The molecule has 1 heterocycles. The molecule has 1 aromatic heterocycles. The Kier molecular flexibility index (Phi) is 4.90. The van der Waals surface area contributed by atoms with Gasteiger partial charge in [-0.25, -0.2) is 0 Å². The molecule has 20 heavy (non-hydrogen) atoms. The highest BCUT2D eigenvalue weighted by Gasteiger charge is 1.98. The van der Waals surface area contributed by atoms with E-state index < -0.39 is 0 Å². The molecule has 2 rings (SSSR count). The van der Waals surface area contributed by atoms with Crippen LogP contribution in [-0.2, 0) is 6.54 Å². The highest BCUT2D eigenvalue weighted by molar-refractivity contribution is 7.80. The molecular weight excluding hydrogens is 272 g/mol. The van der Waals surface area contributed by atoms with Crippen molar-refractivity contribution in [3.63, 3.8) is 0 Å². The fourth-order valence-electron chi connectivity index (χ4n) is 1.79. The molecular formula is C15H16N2O2S. The molecule has 0 aliphatic carbocycles. The molecule has 104 valence electrons. The lowest BCUT2D eigenvalue weighted by Gasteiger charge is -2.08. The lowest BCUT2D eigenvalue weighted by atomic mass is 10.2. The van der Waals surface area contributed by atoms with Crippen molar-refractivity contribution in [2.45, 2.75) is 13.0 Å². The van der Waals surface area contributed by atoms with Crippen LogP contribution in [0.1, 0.15) is 12.0 Å². The number of rotatable bonds is 6. The van der Waals surface area contributed by atoms with Gasteiger partial charge in [0, 0.05) is 24.4 Å². The van der Waals surface area contributed by atoms with Crippen LogP contribution in [0.5, 0.6) is 5.75 Å². The number of hydrogen-bond acceptors (Lipinski definition) is 3. The maximum atomic E-state index is 11.5. The number of pyridine rings is 1. The summed E-state index contributed by atoms with van der Waals surface area (Å²) in [5.74, 6) is 0.769. The van der Waals surface area contributed by atoms with Crippen LogP contribution in [0.2, 0.25) is 0 Å². The van der Waals surface area contributed by atoms with Gasteiger partial charge in [-0.1, -0.05) is 18.3 Å². The van der Waals surface area contributed by atoms with E-state index in [0.29, 0.717) is 18.1 Å². The van der Waals surface area contributed by atoms with E-state index in [1.54, 1.807) is 22.9 Å². The van der Waals surface area contributed by atoms with Crippen LogP contribution < -0.4 is 16.0 Å². The topological polar surface area (TPSA) is 57.2 Å². The number of nitrogens with two attached hydrogens (primary N) is 1. The minimum atomic E-state index is 0.00770. The van der Waals surface area contributed by atoms with Crippen LogP contribution in [0.15, 0.2) is 53.5 Å². The van der Waals surface area contributed by atoms with E-state index in [9.17, 15) is 4.79 Å². The SMILES string of the molecule is NC(=S)c1ccc(OCCCn2ccccc2=O)cc1. The lowest BCUT2D eigenvalue weighted by molar-refractivity contribution is 0.301. The third kappa shape index (κ3) is 3.93. The van der Waals surface area contributed by atoms with Crippen molar-refractivity contribution in [1.82, 2.24) is 4.57 Å². The molecule has 0 bridgehead atoms. The van der Waals surface area contributed by atoms with Crippen molar-refractivity contribution in [2.75, 3.05) is 6.61 Å². The van der Waals surface area contributed by atoms with Gasteiger partial charge in [0.25, 0.3) is 0 Å². The highest BCUT2D eigenvalue weighted by Crippen LogP contribution is 2.12. The zero-order valence-electron chi connectivity index (χ0n) is 11.0. The molecule has 5 heteroatoms. The van der Waals surface area contributed by atoms with Gasteiger partial charge < -0.3 is 15.0 Å². The Morgan fingerprint density at radius 3 is 2.60 bits per heavy atom. The van der Waals surface area contributed by atoms with Gasteiger partial charge in [-0.2, -0.15) is 0 Å². The van der Waals surface area contributed by atoms with Gasteiger partial charge in [-0.3, -0.25) is 4.79 Å². The molecule has 2 N–H and O–H groups in total. The van der Waals surface area contributed by atoms with Gasteiger partial charge in [0.05, 0.1) is 6.61 Å². The molecule has 0 saturated heterocycles. The summed E-state index contributed by atoms with van der Waals surface area (Å²) < 4.78 is 7.27. The molecule has 0 aliphatic heterocycles. The third-order valence-corrected chi connectivity index (χ3v) is 3.09. The predicted octanol–water partition coefficient (Wildman–Crippen LogP) is 1.95. The molecule has 0 aliphatic rings. The summed E-state index contributed by atoms with van der Waals surface area (Å²) in [4.78, 5) is 11.9. The number of aromatic nitrogens is 1. The normalized spacial score (nSPS) is 10.2. The molecule has 0 radical (unpaired) electrons. The largest absolute Gasteiger partial charge is 0.494 e. The first-order valence-electron chi connectivity index (χ1n) is 6.35. The minimum absolute atomic E-state index is 0.00770. The lowest BCUT2D eigenvalue weighted by Crippen LogP contribution is -2.18. The van der Waals surface area contributed by atoms with Crippen molar-refractivity contribution >= 4 is 17.2 Å². The van der Waals surface area contributed by atoms with Crippen molar-refractivity contribution in [3.05, 3.63) is 64.6 Å². The summed E-state index contributed by atoms with van der Waals surface area (Å²) in [6.07, 6.45) is 2.54. The number of aryl methyl sites for hydroxylation is 1. The van der Waals surface area contributed by atoms with Crippen molar-refractivity contribution < 1.29 is 4.74 Å². The molecule has 2 aromatic rings. The Morgan fingerprint density at radius 2 is 1.95 bits per heavy atom.